The van der Waals surface area contributed by atoms with E-state index in [0.717, 1.165) is 5.69 Å². The van der Waals surface area contributed by atoms with Gasteiger partial charge in [0.2, 0.25) is 0 Å². The van der Waals surface area contributed by atoms with Crippen LogP contribution in [0.1, 0.15) is 41.0 Å². The fraction of sp³-hybridized carbons (Fsp3) is 0.346. The first kappa shape index (κ1) is 25.5. The van der Waals surface area contributed by atoms with E-state index in [1.54, 1.807) is 36.0 Å². The van der Waals surface area contributed by atoms with Crippen LogP contribution >= 0.6 is 11.6 Å². The molecule has 4 heterocycles. The van der Waals surface area contributed by atoms with Gasteiger partial charge in [0.05, 0.1) is 16.3 Å². The second-order valence-corrected chi connectivity index (χ2v) is 9.72. The van der Waals surface area contributed by atoms with Crippen molar-refractivity contribution in [2.75, 3.05) is 30.3 Å². The van der Waals surface area contributed by atoms with Gasteiger partial charge in [0.1, 0.15) is 35.5 Å². The number of ether oxygens (including phenoxy) is 1. The van der Waals surface area contributed by atoms with Gasteiger partial charge < -0.3 is 25.4 Å². The van der Waals surface area contributed by atoms with Crippen molar-refractivity contribution in [1.29, 1.82) is 0 Å². The number of rotatable bonds is 6. The van der Waals surface area contributed by atoms with Crippen LogP contribution in [0.5, 0.6) is 5.75 Å². The van der Waals surface area contributed by atoms with Gasteiger partial charge in [-0.05, 0) is 43.7 Å². The number of carbonyl (C=O) groups is 2. The van der Waals surface area contributed by atoms with Crippen LogP contribution in [0.2, 0.25) is 5.02 Å². The minimum Gasteiger partial charge on any atom is -0.489 e. The number of halogens is 1. The molecule has 1 fully saturated rings. The molecule has 0 saturated carbocycles. The van der Waals surface area contributed by atoms with Gasteiger partial charge in [-0.25, -0.2) is 14.8 Å². The first-order chi connectivity index (χ1) is 18.3. The fourth-order valence-electron chi connectivity index (χ4n) is 4.64. The second kappa shape index (κ2) is 10.7. The summed E-state index contributed by atoms with van der Waals surface area (Å²) in [7, 11) is 1.78. The van der Waals surface area contributed by atoms with Crippen molar-refractivity contribution < 1.29 is 19.4 Å². The molecule has 2 aromatic heterocycles. The van der Waals surface area contributed by atoms with Gasteiger partial charge in [-0.15, -0.1) is 0 Å². The average Bonchev–Trinajstić information content (AvgIpc) is 3.09. The standard InChI is InChI=1S/C26H28ClN7O4/c1-15-11-21(33(2)32-15)25(35)34-9-6-18(7-10-34)38-22-4-3-17(13-20(22)27)31-24-19-12-16(26(36)37)5-8-28-23(19)29-14-30-24/h3-4,11-14,18H,5-10H2,1-2H3,(H,36,37)(H2,28,29,30,31). The summed E-state index contributed by atoms with van der Waals surface area (Å²) < 4.78 is 7.79. The molecular formula is C26H28ClN7O4. The third-order valence-corrected chi connectivity index (χ3v) is 6.90. The molecule has 0 unspecified atom stereocenters. The number of carboxylic acids is 1. The number of nitrogens with zero attached hydrogens (tertiary/aromatic N) is 5. The van der Waals surface area contributed by atoms with E-state index in [2.05, 4.69) is 25.7 Å². The first-order valence-corrected chi connectivity index (χ1v) is 12.7. The summed E-state index contributed by atoms with van der Waals surface area (Å²) in [5, 5.41) is 20.5. The lowest BCUT2D eigenvalue weighted by Gasteiger charge is -2.32. The molecule has 1 amide bonds. The molecule has 198 valence electrons. The van der Waals surface area contributed by atoms with E-state index in [0.29, 0.717) is 78.2 Å². The number of aryl methyl sites for hydroxylation is 2. The topological polar surface area (TPSA) is 134 Å². The lowest BCUT2D eigenvalue weighted by Crippen LogP contribution is -2.42. The van der Waals surface area contributed by atoms with E-state index >= 15 is 0 Å². The summed E-state index contributed by atoms with van der Waals surface area (Å²) in [6.45, 7) is 3.51. The second-order valence-electron chi connectivity index (χ2n) is 9.31. The predicted molar refractivity (Wildman–Crippen MR) is 143 cm³/mol. The number of benzene rings is 1. The Morgan fingerprint density at radius 3 is 2.68 bits per heavy atom. The SMILES string of the molecule is Cc1cc(C(=O)N2CCC(Oc3ccc(Nc4ncnc5c4C=C(C(=O)O)CCN5)cc3Cl)CC2)n(C)n1. The first-order valence-electron chi connectivity index (χ1n) is 12.3. The molecular weight excluding hydrogens is 510 g/mol. The summed E-state index contributed by atoms with van der Waals surface area (Å²) in [5.74, 6) is 0.589. The predicted octanol–water partition coefficient (Wildman–Crippen LogP) is 3.88. The van der Waals surface area contributed by atoms with Gasteiger partial charge in [-0.1, -0.05) is 11.6 Å². The average molecular weight is 538 g/mol. The smallest absolute Gasteiger partial charge is 0.331 e. The molecule has 12 heteroatoms. The van der Waals surface area contributed by atoms with E-state index in [9.17, 15) is 14.7 Å². The van der Waals surface area contributed by atoms with E-state index in [-0.39, 0.29) is 17.6 Å². The van der Waals surface area contributed by atoms with Gasteiger partial charge in [0, 0.05) is 50.8 Å². The van der Waals surface area contributed by atoms with Gasteiger partial charge in [-0.3, -0.25) is 9.48 Å². The highest BCUT2D eigenvalue weighted by molar-refractivity contribution is 6.32. The van der Waals surface area contributed by atoms with E-state index in [1.165, 1.54) is 6.33 Å². The summed E-state index contributed by atoms with van der Waals surface area (Å²) in [5.41, 5.74) is 2.92. The Bertz CT molecular complexity index is 1410. The van der Waals surface area contributed by atoms with Gasteiger partial charge in [-0.2, -0.15) is 5.10 Å². The molecule has 2 aliphatic heterocycles. The molecule has 2 aliphatic rings. The maximum atomic E-state index is 12.9. The van der Waals surface area contributed by atoms with Crippen LogP contribution < -0.4 is 15.4 Å². The minimum atomic E-state index is -0.971. The molecule has 0 spiro atoms. The molecule has 0 aliphatic carbocycles. The quantitative estimate of drug-likeness (QED) is 0.428. The zero-order valence-electron chi connectivity index (χ0n) is 21.1. The zero-order chi connectivity index (χ0) is 26.8. The van der Waals surface area contributed by atoms with Crippen molar-refractivity contribution in [1.82, 2.24) is 24.6 Å². The normalized spacial score (nSPS) is 15.7. The van der Waals surface area contributed by atoms with Gasteiger partial charge >= 0.3 is 5.97 Å². The van der Waals surface area contributed by atoms with E-state index in [4.69, 9.17) is 16.3 Å². The maximum Gasteiger partial charge on any atom is 0.331 e. The van der Waals surface area contributed by atoms with Crippen molar-refractivity contribution in [2.45, 2.75) is 32.3 Å². The molecule has 5 rings (SSSR count). The highest BCUT2D eigenvalue weighted by atomic mass is 35.5. The summed E-state index contributed by atoms with van der Waals surface area (Å²) in [6, 6.07) is 7.15. The Labute approximate surface area is 224 Å². The number of carbonyl (C=O) groups excluding carboxylic acids is 1. The summed E-state index contributed by atoms with van der Waals surface area (Å²) in [4.78, 5) is 34.8. The van der Waals surface area contributed by atoms with Crippen molar-refractivity contribution in [3.8, 4) is 5.75 Å². The minimum absolute atomic E-state index is 0.0249. The Morgan fingerprint density at radius 2 is 2.00 bits per heavy atom. The van der Waals surface area contributed by atoms with Crippen molar-refractivity contribution >= 4 is 46.9 Å². The number of amides is 1. The lowest BCUT2D eigenvalue weighted by molar-refractivity contribution is -0.132. The number of anilines is 3. The van der Waals surface area contributed by atoms with Crippen LogP contribution in [0.15, 0.2) is 36.2 Å². The monoisotopic (exact) mass is 537 g/mol. The molecule has 0 atom stereocenters. The number of aromatic nitrogens is 4. The van der Waals surface area contributed by atoms with Crippen LogP contribution in [0, 0.1) is 6.92 Å². The van der Waals surface area contributed by atoms with E-state index < -0.39 is 5.97 Å². The summed E-state index contributed by atoms with van der Waals surface area (Å²) >= 11 is 6.55. The molecule has 0 bridgehead atoms. The fourth-order valence-corrected chi connectivity index (χ4v) is 4.87. The highest BCUT2D eigenvalue weighted by Crippen LogP contribution is 2.33. The van der Waals surface area contributed by atoms with Crippen LogP contribution in [0.4, 0.5) is 17.3 Å². The molecule has 1 aromatic carbocycles. The molecule has 11 nitrogen and oxygen atoms in total. The zero-order valence-corrected chi connectivity index (χ0v) is 21.8. The Kier molecular flexibility index (Phi) is 7.19. The van der Waals surface area contributed by atoms with Gasteiger partial charge in [0.15, 0.2) is 0 Å². The number of fused-ring (bicyclic) bond motifs is 1. The number of hydrogen-bond acceptors (Lipinski definition) is 8. The van der Waals surface area contributed by atoms with E-state index in [1.807, 2.05) is 17.9 Å². The number of hydrogen-bond donors (Lipinski definition) is 3. The van der Waals surface area contributed by atoms with Crippen molar-refractivity contribution in [2.24, 2.45) is 7.05 Å². The number of carboxylic acid groups (broad SMARTS) is 1. The van der Waals surface area contributed by atoms with Crippen molar-refractivity contribution in [3.63, 3.8) is 0 Å². The van der Waals surface area contributed by atoms with Crippen LogP contribution in [0.3, 0.4) is 0 Å². The molecule has 3 N–H and O–H groups in total. The number of piperidine rings is 1. The van der Waals surface area contributed by atoms with Crippen LogP contribution in [-0.2, 0) is 11.8 Å². The van der Waals surface area contributed by atoms with Gasteiger partial charge in [0.25, 0.3) is 5.91 Å². The number of likely N-dealkylation sites (tertiary alicyclic amines) is 1. The molecule has 3 aromatic rings. The molecule has 38 heavy (non-hydrogen) atoms. The van der Waals surface area contributed by atoms with Crippen LogP contribution in [0.25, 0.3) is 6.08 Å². The Morgan fingerprint density at radius 1 is 1.21 bits per heavy atom. The summed E-state index contributed by atoms with van der Waals surface area (Å²) in [6.07, 6.45) is 4.70. The largest absolute Gasteiger partial charge is 0.489 e. The van der Waals surface area contributed by atoms with Crippen molar-refractivity contribution in [3.05, 3.63) is 58.1 Å². The highest BCUT2D eigenvalue weighted by Gasteiger charge is 2.27. The third kappa shape index (κ3) is 5.42. The Balaban J connectivity index is 1.23. The number of aliphatic carboxylic acids is 1. The maximum absolute atomic E-state index is 12.9. The lowest BCUT2D eigenvalue weighted by atomic mass is 10.1. The third-order valence-electron chi connectivity index (χ3n) is 6.60. The molecule has 1 saturated heterocycles. The Hall–Kier alpha value is -4.12. The molecule has 0 radical (unpaired) electrons. The number of nitrogens with one attached hydrogen (secondary N) is 2. The van der Waals surface area contributed by atoms with Crippen LogP contribution in [-0.4, -0.2) is 67.4 Å².